The molecule has 35 heavy (non-hydrogen) atoms. The predicted octanol–water partition coefficient (Wildman–Crippen LogP) is 4.38. The number of ether oxygens (including phenoxy) is 1. The van der Waals surface area contributed by atoms with Gasteiger partial charge in [0.25, 0.3) is 5.91 Å². The van der Waals surface area contributed by atoms with E-state index in [0.717, 1.165) is 17.3 Å². The number of imide groups is 1. The Hall–Kier alpha value is -3.98. The van der Waals surface area contributed by atoms with Crippen LogP contribution >= 0.6 is 11.8 Å². The molecule has 0 saturated carbocycles. The molecule has 1 aromatic heterocycles. The van der Waals surface area contributed by atoms with Crippen molar-refractivity contribution in [1.29, 1.82) is 0 Å². The van der Waals surface area contributed by atoms with Gasteiger partial charge in [-0.2, -0.15) is 0 Å². The van der Waals surface area contributed by atoms with Gasteiger partial charge in [-0.15, -0.1) is 10.2 Å². The molecule has 1 N–H and O–H groups in total. The maximum Gasteiger partial charge on any atom is 0.257 e. The van der Waals surface area contributed by atoms with E-state index in [1.807, 2.05) is 30.3 Å². The van der Waals surface area contributed by atoms with Crippen LogP contribution in [0.25, 0.3) is 11.4 Å². The van der Waals surface area contributed by atoms with Crippen LogP contribution in [0.15, 0.2) is 84.0 Å². The van der Waals surface area contributed by atoms with Gasteiger partial charge in [-0.1, -0.05) is 54.2 Å². The average Bonchev–Trinajstić information content (AvgIpc) is 3.29. The summed E-state index contributed by atoms with van der Waals surface area (Å²) in [5.74, 6) is -0.431. The van der Waals surface area contributed by atoms with Gasteiger partial charge in [-0.3, -0.25) is 14.9 Å². The van der Waals surface area contributed by atoms with Gasteiger partial charge in [0, 0.05) is 12.1 Å². The predicted molar refractivity (Wildman–Crippen MR) is 132 cm³/mol. The first-order chi connectivity index (χ1) is 17.0. The lowest BCUT2D eigenvalue weighted by atomic mass is 10.1. The van der Waals surface area contributed by atoms with Crippen molar-refractivity contribution in [1.82, 2.24) is 20.1 Å². The SMILES string of the molecule is COc1ccc(C(=O)NC(=O)CSc2nnc(-c3ccccc3F)n2CCc2ccccc2)cc1. The molecule has 0 spiro atoms. The summed E-state index contributed by atoms with van der Waals surface area (Å²) in [4.78, 5) is 24.8. The van der Waals surface area contributed by atoms with E-state index < -0.39 is 17.6 Å². The lowest BCUT2D eigenvalue weighted by Gasteiger charge is -2.11. The summed E-state index contributed by atoms with van der Waals surface area (Å²) in [6.07, 6.45) is 0.677. The number of aryl methyl sites for hydroxylation is 1. The molecular weight excluding hydrogens is 467 g/mol. The van der Waals surface area contributed by atoms with Crippen LogP contribution in [0.3, 0.4) is 0 Å². The Bertz CT molecular complexity index is 1310. The molecule has 9 heteroatoms. The molecule has 4 aromatic rings. The molecule has 0 unspecified atom stereocenters. The third-order valence-corrected chi connectivity index (χ3v) is 6.20. The Morgan fingerprint density at radius 2 is 1.69 bits per heavy atom. The highest BCUT2D eigenvalue weighted by atomic mass is 32.2. The highest BCUT2D eigenvalue weighted by Crippen LogP contribution is 2.26. The van der Waals surface area contributed by atoms with E-state index in [1.165, 1.54) is 13.2 Å². The Balaban J connectivity index is 1.47. The molecule has 2 amide bonds. The number of amides is 2. The molecule has 4 rings (SSSR count). The summed E-state index contributed by atoms with van der Waals surface area (Å²) in [6.45, 7) is 0.495. The Kier molecular flexibility index (Phi) is 7.89. The van der Waals surface area contributed by atoms with Crippen LogP contribution < -0.4 is 10.1 Å². The smallest absolute Gasteiger partial charge is 0.257 e. The maximum absolute atomic E-state index is 14.5. The second-order valence-corrected chi connectivity index (χ2v) is 8.51. The molecule has 0 radical (unpaired) electrons. The summed E-state index contributed by atoms with van der Waals surface area (Å²) in [7, 11) is 1.53. The summed E-state index contributed by atoms with van der Waals surface area (Å²) in [6, 6.07) is 22.7. The number of carbonyl (C=O) groups is 2. The van der Waals surface area contributed by atoms with Gasteiger partial charge in [0.05, 0.1) is 18.4 Å². The van der Waals surface area contributed by atoms with Crippen molar-refractivity contribution in [3.05, 3.63) is 95.8 Å². The lowest BCUT2D eigenvalue weighted by Crippen LogP contribution is -2.31. The molecule has 0 aliphatic heterocycles. The molecular formula is C26H23FN4O3S. The fourth-order valence-corrected chi connectivity index (χ4v) is 4.20. The number of thioether (sulfide) groups is 1. The molecule has 0 bridgehead atoms. The van der Waals surface area contributed by atoms with Crippen LogP contribution in [0.1, 0.15) is 15.9 Å². The molecule has 0 aliphatic rings. The first kappa shape index (κ1) is 24.2. The van der Waals surface area contributed by atoms with Crippen molar-refractivity contribution < 1.29 is 18.7 Å². The van der Waals surface area contributed by atoms with Crippen molar-refractivity contribution >= 4 is 23.6 Å². The van der Waals surface area contributed by atoms with Crippen molar-refractivity contribution in [2.24, 2.45) is 0 Å². The zero-order chi connectivity index (χ0) is 24.6. The van der Waals surface area contributed by atoms with Crippen LogP contribution in [-0.4, -0.2) is 39.4 Å². The number of aromatic nitrogens is 3. The summed E-state index contributed by atoms with van der Waals surface area (Å²) in [5, 5.41) is 11.2. The average molecular weight is 491 g/mol. The fourth-order valence-electron chi connectivity index (χ4n) is 3.43. The first-order valence-corrected chi connectivity index (χ1v) is 11.9. The van der Waals surface area contributed by atoms with E-state index in [1.54, 1.807) is 47.0 Å². The third-order valence-electron chi connectivity index (χ3n) is 5.24. The molecule has 1 heterocycles. The number of nitrogens with one attached hydrogen (secondary N) is 1. The molecule has 0 fully saturated rings. The van der Waals surface area contributed by atoms with Crippen LogP contribution in [-0.2, 0) is 17.8 Å². The van der Waals surface area contributed by atoms with E-state index in [9.17, 15) is 14.0 Å². The second-order valence-electron chi connectivity index (χ2n) is 7.57. The van der Waals surface area contributed by atoms with Gasteiger partial charge in [-0.25, -0.2) is 4.39 Å². The number of halogens is 1. The van der Waals surface area contributed by atoms with E-state index in [2.05, 4.69) is 15.5 Å². The number of hydrogen-bond acceptors (Lipinski definition) is 6. The van der Waals surface area contributed by atoms with Gasteiger partial charge < -0.3 is 9.30 Å². The van der Waals surface area contributed by atoms with E-state index in [4.69, 9.17) is 4.74 Å². The number of hydrogen-bond donors (Lipinski definition) is 1. The Morgan fingerprint density at radius 3 is 2.40 bits per heavy atom. The largest absolute Gasteiger partial charge is 0.497 e. The minimum atomic E-state index is -0.504. The molecule has 7 nitrogen and oxygen atoms in total. The Labute approximate surface area is 206 Å². The highest BCUT2D eigenvalue weighted by molar-refractivity contribution is 7.99. The van der Waals surface area contributed by atoms with Crippen molar-refractivity contribution in [2.75, 3.05) is 12.9 Å². The van der Waals surface area contributed by atoms with Gasteiger partial charge in [0.2, 0.25) is 5.91 Å². The van der Waals surface area contributed by atoms with E-state index in [-0.39, 0.29) is 5.75 Å². The first-order valence-electron chi connectivity index (χ1n) is 10.9. The summed E-state index contributed by atoms with van der Waals surface area (Å²) < 4.78 is 21.4. The lowest BCUT2D eigenvalue weighted by molar-refractivity contribution is -0.117. The minimum Gasteiger partial charge on any atom is -0.497 e. The van der Waals surface area contributed by atoms with Crippen molar-refractivity contribution in [3.8, 4) is 17.1 Å². The van der Waals surface area contributed by atoms with Crippen LogP contribution in [0.5, 0.6) is 5.75 Å². The Morgan fingerprint density at radius 1 is 0.971 bits per heavy atom. The van der Waals surface area contributed by atoms with Crippen molar-refractivity contribution in [3.63, 3.8) is 0 Å². The third kappa shape index (κ3) is 6.13. The molecule has 178 valence electrons. The van der Waals surface area contributed by atoms with E-state index in [0.29, 0.717) is 40.8 Å². The topological polar surface area (TPSA) is 86.1 Å². The standard InChI is InChI=1S/C26H23FN4O3S/c1-34-20-13-11-19(12-14-20)25(33)28-23(32)17-35-26-30-29-24(21-9-5-6-10-22(21)27)31(26)16-15-18-7-3-2-4-8-18/h2-14H,15-17H2,1H3,(H,28,32,33). The monoisotopic (exact) mass is 490 g/mol. The zero-order valence-electron chi connectivity index (χ0n) is 19.0. The second kappa shape index (κ2) is 11.4. The van der Waals surface area contributed by atoms with Crippen LogP contribution in [0, 0.1) is 5.82 Å². The van der Waals surface area contributed by atoms with Gasteiger partial charge >= 0.3 is 0 Å². The maximum atomic E-state index is 14.5. The van der Waals surface area contributed by atoms with Crippen molar-refractivity contribution in [2.45, 2.75) is 18.1 Å². The summed E-state index contributed by atoms with van der Waals surface area (Å²) in [5.41, 5.74) is 1.79. The molecule has 0 aliphatic carbocycles. The minimum absolute atomic E-state index is 0.0529. The molecule has 0 atom stereocenters. The van der Waals surface area contributed by atoms with Crippen LogP contribution in [0.2, 0.25) is 0 Å². The zero-order valence-corrected chi connectivity index (χ0v) is 19.8. The number of carbonyl (C=O) groups excluding carboxylic acids is 2. The molecule has 3 aromatic carbocycles. The van der Waals surface area contributed by atoms with E-state index >= 15 is 0 Å². The normalized spacial score (nSPS) is 10.7. The van der Waals surface area contributed by atoms with Gasteiger partial charge in [0.15, 0.2) is 11.0 Å². The fraction of sp³-hybridized carbons (Fsp3) is 0.154. The summed E-state index contributed by atoms with van der Waals surface area (Å²) >= 11 is 1.14. The molecule has 0 saturated heterocycles. The number of benzene rings is 3. The van der Waals surface area contributed by atoms with Gasteiger partial charge in [-0.05, 0) is 48.4 Å². The quantitative estimate of drug-likeness (QED) is 0.351. The van der Waals surface area contributed by atoms with Crippen LogP contribution in [0.4, 0.5) is 4.39 Å². The highest BCUT2D eigenvalue weighted by Gasteiger charge is 2.19. The number of methoxy groups -OCH3 is 1. The van der Waals surface area contributed by atoms with Gasteiger partial charge in [0.1, 0.15) is 11.6 Å². The number of rotatable bonds is 9. The number of nitrogens with zero attached hydrogens (tertiary/aromatic N) is 3.